The number of aromatic nitrogens is 2. The first-order valence-corrected chi connectivity index (χ1v) is 5.34. The van der Waals surface area contributed by atoms with Crippen LogP contribution >= 0.6 is 0 Å². The van der Waals surface area contributed by atoms with Gasteiger partial charge in [0.05, 0.1) is 25.0 Å². The monoisotopic (exact) mass is 226 g/mol. The Hall–Kier alpha value is -1.56. The summed E-state index contributed by atoms with van der Waals surface area (Å²) < 4.78 is 6.77. The van der Waals surface area contributed by atoms with Crippen molar-refractivity contribution in [2.75, 3.05) is 25.5 Å². The lowest BCUT2D eigenvalue weighted by molar-refractivity contribution is -0.122. The van der Waals surface area contributed by atoms with Crippen LogP contribution in [-0.2, 0) is 16.1 Å². The second kappa shape index (κ2) is 6.84. The largest absolute Gasteiger partial charge is 0.396 e. The third-order valence-corrected chi connectivity index (χ3v) is 1.99. The lowest BCUT2D eigenvalue weighted by Crippen LogP contribution is -2.28. The van der Waals surface area contributed by atoms with E-state index in [1.807, 2.05) is 6.92 Å². The van der Waals surface area contributed by atoms with E-state index in [0.29, 0.717) is 38.4 Å². The average Bonchev–Trinajstić information content (AvgIpc) is 2.65. The van der Waals surface area contributed by atoms with Crippen molar-refractivity contribution in [2.24, 2.45) is 0 Å². The molecule has 1 rings (SSSR count). The Kier molecular flexibility index (Phi) is 5.35. The van der Waals surface area contributed by atoms with Crippen LogP contribution in [0, 0.1) is 0 Å². The van der Waals surface area contributed by atoms with E-state index in [9.17, 15) is 4.79 Å². The fraction of sp³-hybridized carbons (Fsp3) is 0.600. The van der Waals surface area contributed by atoms with Crippen LogP contribution in [0.5, 0.6) is 0 Å². The van der Waals surface area contributed by atoms with Gasteiger partial charge in [0.15, 0.2) is 0 Å². The number of nitrogens with one attached hydrogen (secondary N) is 1. The van der Waals surface area contributed by atoms with E-state index in [2.05, 4.69) is 10.4 Å². The molecule has 0 saturated carbocycles. The number of carbonyl (C=O) groups excluding carboxylic acids is 1. The molecule has 0 spiro atoms. The summed E-state index contributed by atoms with van der Waals surface area (Å²) in [6.07, 6.45) is 3.71. The van der Waals surface area contributed by atoms with Crippen molar-refractivity contribution in [3.63, 3.8) is 0 Å². The van der Waals surface area contributed by atoms with Crippen molar-refractivity contribution >= 4 is 11.6 Å². The Balaban J connectivity index is 2.08. The van der Waals surface area contributed by atoms with Crippen LogP contribution in [0.25, 0.3) is 0 Å². The van der Waals surface area contributed by atoms with Gasteiger partial charge in [-0.3, -0.25) is 9.48 Å². The van der Waals surface area contributed by atoms with E-state index in [1.165, 1.54) is 0 Å². The molecule has 1 aromatic heterocycles. The molecule has 16 heavy (non-hydrogen) atoms. The number of hydrogen-bond donors (Lipinski definition) is 2. The second-order valence-electron chi connectivity index (χ2n) is 3.33. The highest BCUT2D eigenvalue weighted by Gasteiger charge is 2.00. The summed E-state index contributed by atoms with van der Waals surface area (Å²) in [6.45, 7) is 4.18. The fourth-order valence-corrected chi connectivity index (χ4v) is 1.21. The van der Waals surface area contributed by atoms with Gasteiger partial charge in [-0.25, -0.2) is 0 Å². The molecule has 1 aromatic rings. The van der Waals surface area contributed by atoms with E-state index in [4.69, 9.17) is 10.5 Å². The van der Waals surface area contributed by atoms with Gasteiger partial charge in [-0.2, -0.15) is 5.10 Å². The Labute approximate surface area is 94.8 Å². The van der Waals surface area contributed by atoms with Gasteiger partial charge < -0.3 is 15.8 Å². The molecular weight excluding hydrogens is 208 g/mol. The van der Waals surface area contributed by atoms with Crippen molar-refractivity contribution in [1.82, 2.24) is 15.1 Å². The Morgan fingerprint density at radius 1 is 1.69 bits per heavy atom. The lowest BCUT2D eigenvalue weighted by Gasteiger charge is -2.05. The average molecular weight is 226 g/mol. The number of anilines is 1. The Morgan fingerprint density at radius 3 is 3.12 bits per heavy atom. The van der Waals surface area contributed by atoms with Crippen LogP contribution < -0.4 is 11.1 Å². The smallest absolute Gasteiger partial charge is 0.222 e. The van der Waals surface area contributed by atoms with Gasteiger partial charge in [0.2, 0.25) is 5.91 Å². The van der Waals surface area contributed by atoms with E-state index in [-0.39, 0.29) is 5.91 Å². The maximum atomic E-state index is 11.3. The lowest BCUT2D eigenvalue weighted by atomic mass is 10.4. The summed E-state index contributed by atoms with van der Waals surface area (Å²) in [4.78, 5) is 11.3. The highest BCUT2D eigenvalue weighted by Crippen LogP contribution is 1.96. The van der Waals surface area contributed by atoms with Crippen molar-refractivity contribution in [1.29, 1.82) is 0 Å². The summed E-state index contributed by atoms with van der Waals surface area (Å²) in [7, 11) is 0. The molecule has 0 bridgehead atoms. The molecule has 1 heterocycles. The molecule has 0 aromatic carbocycles. The molecule has 1 amide bonds. The predicted octanol–water partition coefficient (Wildman–Crippen LogP) is 0.00810. The second-order valence-corrected chi connectivity index (χ2v) is 3.33. The summed E-state index contributed by atoms with van der Waals surface area (Å²) >= 11 is 0. The predicted molar refractivity (Wildman–Crippen MR) is 60.8 cm³/mol. The number of rotatable bonds is 7. The normalized spacial score (nSPS) is 10.3. The third kappa shape index (κ3) is 4.79. The first-order valence-electron chi connectivity index (χ1n) is 5.34. The standard InChI is InChI=1S/C10H18N4O2/c1-2-16-6-3-10(15)12-4-5-14-8-9(11)7-13-14/h7-8H,2-6,11H2,1H3,(H,12,15). The highest BCUT2D eigenvalue weighted by atomic mass is 16.5. The molecule has 0 saturated heterocycles. The quantitative estimate of drug-likeness (QED) is 0.641. The van der Waals surface area contributed by atoms with Crippen LogP contribution in [0.2, 0.25) is 0 Å². The molecule has 0 fully saturated rings. The summed E-state index contributed by atoms with van der Waals surface area (Å²) in [5.41, 5.74) is 6.13. The van der Waals surface area contributed by atoms with Crippen molar-refractivity contribution in [2.45, 2.75) is 19.9 Å². The third-order valence-electron chi connectivity index (χ3n) is 1.99. The number of carbonyl (C=O) groups is 1. The summed E-state index contributed by atoms with van der Waals surface area (Å²) in [5.74, 6) is -0.00595. The molecule has 0 radical (unpaired) electrons. The van der Waals surface area contributed by atoms with E-state index >= 15 is 0 Å². The fourth-order valence-electron chi connectivity index (χ4n) is 1.21. The van der Waals surface area contributed by atoms with E-state index < -0.39 is 0 Å². The van der Waals surface area contributed by atoms with Gasteiger partial charge in [0.25, 0.3) is 0 Å². The van der Waals surface area contributed by atoms with Crippen LogP contribution in [-0.4, -0.2) is 35.4 Å². The van der Waals surface area contributed by atoms with Gasteiger partial charge in [-0.1, -0.05) is 0 Å². The van der Waals surface area contributed by atoms with Gasteiger partial charge in [0, 0.05) is 25.8 Å². The van der Waals surface area contributed by atoms with Crippen molar-refractivity contribution in [3.05, 3.63) is 12.4 Å². The zero-order valence-corrected chi connectivity index (χ0v) is 9.48. The highest BCUT2D eigenvalue weighted by molar-refractivity contribution is 5.75. The number of amides is 1. The van der Waals surface area contributed by atoms with Crippen LogP contribution in [0.1, 0.15) is 13.3 Å². The number of ether oxygens (including phenoxy) is 1. The Morgan fingerprint density at radius 2 is 2.50 bits per heavy atom. The topological polar surface area (TPSA) is 82.2 Å². The first kappa shape index (κ1) is 12.5. The summed E-state index contributed by atoms with van der Waals surface area (Å²) in [5, 5.41) is 6.78. The molecule has 0 aliphatic heterocycles. The molecule has 90 valence electrons. The molecule has 0 aliphatic carbocycles. The molecule has 0 atom stereocenters. The number of nitrogens with zero attached hydrogens (tertiary/aromatic N) is 2. The number of nitrogens with two attached hydrogens (primary N) is 1. The molecule has 0 aliphatic rings. The van der Waals surface area contributed by atoms with Gasteiger partial charge >= 0.3 is 0 Å². The Bertz CT molecular complexity index is 324. The maximum Gasteiger partial charge on any atom is 0.222 e. The van der Waals surface area contributed by atoms with Crippen LogP contribution in [0.15, 0.2) is 12.4 Å². The van der Waals surface area contributed by atoms with Crippen molar-refractivity contribution < 1.29 is 9.53 Å². The number of hydrogen-bond acceptors (Lipinski definition) is 4. The summed E-state index contributed by atoms with van der Waals surface area (Å²) in [6, 6.07) is 0. The molecule has 3 N–H and O–H groups in total. The zero-order chi connectivity index (χ0) is 11.8. The van der Waals surface area contributed by atoms with Crippen LogP contribution in [0.3, 0.4) is 0 Å². The van der Waals surface area contributed by atoms with E-state index in [0.717, 1.165) is 0 Å². The van der Waals surface area contributed by atoms with Gasteiger partial charge in [-0.05, 0) is 6.92 Å². The first-order chi connectivity index (χ1) is 7.72. The van der Waals surface area contributed by atoms with Crippen LogP contribution in [0.4, 0.5) is 5.69 Å². The van der Waals surface area contributed by atoms with Gasteiger partial charge in [-0.15, -0.1) is 0 Å². The minimum Gasteiger partial charge on any atom is -0.396 e. The molecule has 6 nitrogen and oxygen atoms in total. The van der Waals surface area contributed by atoms with E-state index in [1.54, 1.807) is 17.1 Å². The minimum atomic E-state index is -0.00595. The van der Waals surface area contributed by atoms with Crippen molar-refractivity contribution in [3.8, 4) is 0 Å². The zero-order valence-electron chi connectivity index (χ0n) is 9.48. The number of nitrogen functional groups attached to an aromatic ring is 1. The maximum absolute atomic E-state index is 11.3. The minimum absolute atomic E-state index is 0.00595. The molecular formula is C10H18N4O2. The molecule has 6 heteroatoms. The SMILES string of the molecule is CCOCCC(=O)NCCn1cc(N)cn1. The molecule has 0 unspecified atom stereocenters. The van der Waals surface area contributed by atoms with Gasteiger partial charge in [0.1, 0.15) is 0 Å².